The first-order valence-corrected chi connectivity index (χ1v) is 7.86. The number of rotatable bonds is 4. The maximum absolute atomic E-state index is 13.7. The fourth-order valence-corrected chi connectivity index (χ4v) is 3.48. The molecule has 0 spiro atoms. The van der Waals surface area contributed by atoms with Crippen LogP contribution < -0.4 is 0 Å². The summed E-state index contributed by atoms with van der Waals surface area (Å²) >= 11 is 6.05. The number of Topliss-reactive ketones (excluding diaryl/α,β-unsaturated/α-hetero) is 1. The van der Waals surface area contributed by atoms with E-state index < -0.39 is 38.7 Å². The lowest BCUT2D eigenvalue weighted by atomic mass is 10.0. The first kappa shape index (κ1) is 17.1. The Balaban J connectivity index is 2.29. The van der Waals surface area contributed by atoms with Gasteiger partial charge < -0.3 is 0 Å². The van der Waals surface area contributed by atoms with Crippen molar-refractivity contribution in [2.75, 3.05) is 0 Å². The van der Waals surface area contributed by atoms with Crippen molar-refractivity contribution in [1.82, 2.24) is 0 Å². The van der Waals surface area contributed by atoms with Crippen LogP contribution in [-0.4, -0.2) is 5.78 Å². The van der Waals surface area contributed by atoms with E-state index in [9.17, 15) is 22.4 Å². The van der Waals surface area contributed by atoms with Crippen LogP contribution in [0.25, 0.3) is 0 Å². The summed E-state index contributed by atoms with van der Waals surface area (Å²) < 4.78 is 53.2. The molecule has 2 aromatic carbocycles. The van der Waals surface area contributed by atoms with Gasteiger partial charge >= 0.3 is 0 Å². The number of halogens is 6. The zero-order chi connectivity index (χ0) is 16.4. The molecule has 0 saturated carbocycles. The van der Waals surface area contributed by atoms with Crippen LogP contribution in [0.2, 0.25) is 0 Å². The molecule has 2 atom stereocenters. The van der Waals surface area contributed by atoms with Gasteiger partial charge in [-0.2, -0.15) is 0 Å². The highest BCUT2D eigenvalue weighted by molar-refractivity contribution is 9.10. The minimum atomic E-state index is -1.11. The molecule has 0 fully saturated rings. The molecule has 2 aromatic rings. The van der Waals surface area contributed by atoms with Crippen LogP contribution in [0.1, 0.15) is 20.8 Å². The summed E-state index contributed by atoms with van der Waals surface area (Å²) in [7, 11) is 0. The molecular weight excluding hydrogens is 432 g/mol. The minimum Gasteiger partial charge on any atom is -0.296 e. The molecule has 0 aliphatic rings. The molecule has 0 amide bonds. The molecule has 0 saturated heterocycles. The first-order valence-electron chi connectivity index (χ1n) is 6.03. The Kier molecular flexibility index (Phi) is 5.39. The topological polar surface area (TPSA) is 17.1 Å². The van der Waals surface area contributed by atoms with Crippen LogP contribution in [0, 0.1) is 23.3 Å². The van der Waals surface area contributed by atoms with Crippen LogP contribution in [0.5, 0.6) is 0 Å². The maximum atomic E-state index is 13.7. The average Bonchev–Trinajstić information content (AvgIpc) is 2.45. The van der Waals surface area contributed by atoms with E-state index in [1.54, 1.807) is 0 Å². The van der Waals surface area contributed by atoms with Crippen molar-refractivity contribution in [3.8, 4) is 0 Å². The second-order valence-electron chi connectivity index (χ2n) is 4.46. The van der Waals surface area contributed by atoms with E-state index in [0.29, 0.717) is 12.1 Å². The summed E-state index contributed by atoms with van der Waals surface area (Å²) in [6, 6.07) is 5.59. The third kappa shape index (κ3) is 3.57. The van der Waals surface area contributed by atoms with Crippen LogP contribution in [0.15, 0.2) is 36.4 Å². The highest BCUT2D eigenvalue weighted by Crippen LogP contribution is 2.36. The monoisotopic (exact) mass is 438 g/mol. The van der Waals surface area contributed by atoms with Gasteiger partial charge in [-0.1, -0.05) is 44.0 Å². The van der Waals surface area contributed by atoms with E-state index in [-0.39, 0.29) is 11.1 Å². The van der Waals surface area contributed by atoms with E-state index in [2.05, 4.69) is 31.9 Å². The van der Waals surface area contributed by atoms with Crippen LogP contribution in [-0.2, 0) is 4.79 Å². The van der Waals surface area contributed by atoms with E-state index in [1.165, 1.54) is 0 Å². The van der Waals surface area contributed by atoms with E-state index in [4.69, 9.17) is 0 Å². The average molecular weight is 440 g/mol. The molecule has 0 radical (unpaired) electrons. The Labute approximate surface area is 140 Å². The van der Waals surface area contributed by atoms with Gasteiger partial charge in [-0.05, 0) is 12.1 Å². The third-order valence-corrected chi connectivity index (χ3v) is 4.86. The quantitative estimate of drug-likeness (QED) is 0.461. The van der Waals surface area contributed by atoms with Gasteiger partial charge in [0.1, 0.15) is 32.9 Å². The largest absolute Gasteiger partial charge is 0.296 e. The SMILES string of the molecule is O=C(C(Br)c1ccc(F)cc1F)C(Br)c1ccc(F)cc1F. The normalized spacial score (nSPS) is 13.7. The number of carbonyl (C=O) groups excluding carboxylic acids is 1. The molecule has 0 N–H and O–H groups in total. The molecule has 0 aliphatic carbocycles. The molecular formula is C15H8Br2F4O. The summed E-state index contributed by atoms with van der Waals surface area (Å²) in [4.78, 5) is 10.1. The zero-order valence-electron chi connectivity index (χ0n) is 10.8. The van der Waals surface area contributed by atoms with Gasteiger partial charge in [0, 0.05) is 23.3 Å². The molecule has 22 heavy (non-hydrogen) atoms. The first-order chi connectivity index (χ1) is 10.3. The number of hydrogen-bond donors (Lipinski definition) is 0. The van der Waals surface area contributed by atoms with Crippen molar-refractivity contribution in [1.29, 1.82) is 0 Å². The number of benzene rings is 2. The Morgan fingerprint density at radius 2 is 1.14 bits per heavy atom. The lowest BCUT2D eigenvalue weighted by Gasteiger charge is -2.15. The molecule has 2 rings (SSSR count). The maximum Gasteiger partial charge on any atom is 0.169 e. The highest BCUT2D eigenvalue weighted by Gasteiger charge is 2.29. The smallest absolute Gasteiger partial charge is 0.169 e. The van der Waals surface area contributed by atoms with Gasteiger partial charge in [-0.3, -0.25) is 4.79 Å². The van der Waals surface area contributed by atoms with E-state index in [0.717, 1.165) is 24.3 Å². The van der Waals surface area contributed by atoms with Gasteiger partial charge in [-0.25, -0.2) is 17.6 Å². The van der Waals surface area contributed by atoms with Crippen molar-refractivity contribution in [3.63, 3.8) is 0 Å². The van der Waals surface area contributed by atoms with Crippen molar-refractivity contribution < 1.29 is 22.4 Å². The van der Waals surface area contributed by atoms with Gasteiger partial charge in [-0.15, -0.1) is 0 Å². The van der Waals surface area contributed by atoms with Crippen molar-refractivity contribution in [2.45, 2.75) is 9.65 Å². The summed E-state index contributed by atoms with van der Waals surface area (Å²) in [6.07, 6.45) is 0. The summed E-state index contributed by atoms with van der Waals surface area (Å²) in [6.45, 7) is 0. The van der Waals surface area contributed by atoms with E-state index >= 15 is 0 Å². The lowest BCUT2D eigenvalue weighted by molar-refractivity contribution is -0.118. The van der Waals surface area contributed by atoms with Crippen molar-refractivity contribution >= 4 is 37.6 Å². The Morgan fingerprint density at radius 3 is 1.45 bits per heavy atom. The highest BCUT2D eigenvalue weighted by atomic mass is 79.9. The van der Waals surface area contributed by atoms with Crippen molar-refractivity contribution in [2.24, 2.45) is 0 Å². The van der Waals surface area contributed by atoms with Gasteiger partial charge in [0.05, 0.1) is 0 Å². The molecule has 0 bridgehead atoms. The van der Waals surface area contributed by atoms with Gasteiger partial charge in [0.15, 0.2) is 5.78 Å². The number of hydrogen-bond acceptors (Lipinski definition) is 1. The van der Waals surface area contributed by atoms with Gasteiger partial charge in [0.2, 0.25) is 0 Å². The predicted octanol–water partition coefficient (Wildman–Crippen LogP) is 5.38. The summed E-state index contributed by atoms with van der Waals surface area (Å²) in [5, 5.41) is 0. The van der Waals surface area contributed by atoms with Crippen LogP contribution >= 0.6 is 31.9 Å². The fraction of sp³-hybridized carbons (Fsp3) is 0.133. The molecule has 2 unspecified atom stereocenters. The zero-order valence-corrected chi connectivity index (χ0v) is 14.0. The molecule has 0 aliphatic heterocycles. The predicted molar refractivity (Wildman–Crippen MR) is 81.1 cm³/mol. The summed E-state index contributed by atoms with van der Waals surface area (Å²) in [5.41, 5.74) is -0.142. The Bertz CT molecular complexity index is 661. The van der Waals surface area contributed by atoms with Crippen LogP contribution in [0.3, 0.4) is 0 Å². The number of carbonyl (C=O) groups is 1. The number of alkyl halides is 2. The van der Waals surface area contributed by atoms with Crippen molar-refractivity contribution in [3.05, 3.63) is 70.8 Å². The standard InChI is InChI=1S/C15H8Br2F4O/c16-13(9-3-1-7(18)5-11(9)20)15(22)14(17)10-4-2-8(19)6-12(10)21/h1-6,13-14H. The Hall–Kier alpha value is -1.21. The van der Waals surface area contributed by atoms with Gasteiger partial charge in [0.25, 0.3) is 0 Å². The third-order valence-electron chi connectivity index (χ3n) is 2.97. The van der Waals surface area contributed by atoms with E-state index in [1.807, 2.05) is 0 Å². The molecule has 116 valence electrons. The van der Waals surface area contributed by atoms with Crippen LogP contribution in [0.4, 0.5) is 17.6 Å². The Morgan fingerprint density at radius 1 is 0.773 bits per heavy atom. The molecule has 0 heterocycles. The second kappa shape index (κ2) is 6.91. The molecule has 7 heteroatoms. The fourth-order valence-electron chi connectivity index (χ4n) is 1.85. The molecule has 0 aromatic heterocycles. The summed E-state index contributed by atoms with van der Waals surface area (Å²) in [5.74, 6) is -3.93. The minimum absolute atomic E-state index is 0.0710. The second-order valence-corrected chi connectivity index (χ2v) is 6.29. The molecule has 1 nitrogen and oxygen atoms in total. The number of ketones is 1. The lowest BCUT2D eigenvalue weighted by Crippen LogP contribution is -2.15.